The van der Waals surface area contributed by atoms with Crippen molar-refractivity contribution in [3.05, 3.63) is 29.4 Å². The van der Waals surface area contributed by atoms with Crippen LogP contribution in [-0.2, 0) is 9.53 Å². The zero-order valence-electron chi connectivity index (χ0n) is 18.3. The van der Waals surface area contributed by atoms with Gasteiger partial charge in [-0.1, -0.05) is 11.6 Å². The van der Waals surface area contributed by atoms with Gasteiger partial charge in [0.1, 0.15) is 5.82 Å². The van der Waals surface area contributed by atoms with Gasteiger partial charge in [0, 0.05) is 43.7 Å². The number of aliphatic hydroxyl groups is 1. The van der Waals surface area contributed by atoms with Gasteiger partial charge in [0.05, 0.1) is 35.6 Å². The maximum absolute atomic E-state index is 12.5. The third-order valence-corrected chi connectivity index (χ3v) is 8.47. The van der Waals surface area contributed by atoms with Crippen LogP contribution in [0.1, 0.15) is 26.2 Å². The van der Waals surface area contributed by atoms with Crippen molar-refractivity contribution in [1.82, 2.24) is 9.88 Å². The second-order valence-electron chi connectivity index (χ2n) is 10.2. The molecule has 2 N–H and O–H groups in total. The first kappa shape index (κ1) is 20.7. The number of aliphatic hydroxyl groups excluding tert-OH is 1. The van der Waals surface area contributed by atoms with Crippen LogP contribution in [0.25, 0.3) is 10.8 Å². The van der Waals surface area contributed by atoms with Crippen molar-refractivity contribution in [3.8, 4) is 0 Å². The number of aromatic nitrogens is 1. The molecule has 1 amide bonds. The molecule has 4 fully saturated rings. The number of piperazine rings is 1. The quantitative estimate of drug-likeness (QED) is 0.736. The lowest BCUT2D eigenvalue weighted by molar-refractivity contribution is -0.117. The first-order valence-electron chi connectivity index (χ1n) is 11.5. The topological polar surface area (TPSA) is 77.9 Å². The Labute approximate surface area is 192 Å². The van der Waals surface area contributed by atoms with Crippen molar-refractivity contribution in [1.29, 1.82) is 0 Å². The number of amides is 1. The molecule has 2 saturated carbocycles. The average Bonchev–Trinajstić information content (AvgIpc) is 3.70. The third kappa shape index (κ3) is 3.37. The van der Waals surface area contributed by atoms with E-state index in [2.05, 4.69) is 33.1 Å². The predicted octanol–water partition coefficient (Wildman–Crippen LogP) is 2.90. The highest BCUT2D eigenvalue weighted by molar-refractivity contribution is 6.34. The second-order valence-corrected chi connectivity index (χ2v) is 10.6. The van der Waals surface area contributed by atoms with Crippen molar-refractivity contribution in [2.24, 2.45) is 11.3 Å². The van der Waals surface area contributed by atoms with Gasteiger partial charge >= 0.3 is 0 Å². The molecular weight excluding hydrogens is 428 g/mol. The summed E-state index contributed by atoms with van der Waals surface area (Å²) in [5.74, 6) is 0.875. The summed E-state index contributed by atoms with van der Waals surface area (Å²) in [5.41, 5.74) is 1.01. The highest BCUT2D eigenvalue weighted by atomic mass is 35.5. The number of rotatable bonds is 4. The summed E-state index contributed by atoms with van der Waals surface area (Å²) in [6.07, 6.45) is 4.73. The maximum Gasteiger partial charge on any atom is 0.229 e. The van der Waals surface area contributed by atoms with Crippen LogP contribution in [-0.4, -0.2) is 71.9 Å². The van der Waals surface area contributed by atoms with Crippen LogP contribution < -0.4 is 10.2 Å². The van der Waals surface area contributed by atoms with E-state index in [1.807, 2.05) is 12.1 Å². The fourth-order valence-electron chi connectivity index (χ4n) is 5.52. The molecule has 7 nitrogen and oxygen atoms in total. The van der Waals surface area contributed by atoms with Gasteiger partial charge in [-0.05, 0) is 55.2 Å². The molecular formula is C24H29ClN4O3. The molecule has 6 rings (SSSR count). The molecule has 170 valence electrons. The normalized spacial score (nSPS) is 31.3. The number of nitrogens with one attached hydrogen (secondary N) is 1. The standard InChI is InChI=1S/C24H29ClN4O3/c1-23(14-32-13-20(23)30)29-6-4-28(5-7-29)19-9-15-10-21(26-12-16(15)8-18(19)25)27-22(31)17-11-24(17)2-3-24/h8-10,12,17,20,30H,2-7,11,13-14H2,1H3,(H,26,27,31)/t17-,20-,23+/m0/s1. The first-order chi connectivity index (χ1) is 15.4. The van der Waals surface area contributed by atoms with Gasteiger partial charge in [-0.25, -0.2) is 4.98 Å². The van der Waals surface area contributed by atoms with Crippen LogP contribution in [0.15, 0.2) is 24.4 Å². The van der Waals surface area contributed by atoms with Crippen LogP contribution in [0.5, 0.6) is 0 Å². The van der Waals surface area contributed by atoms with E-state index < -0.39 is 6.10 Å². The summed E-state index contributed by atoms with van der Waals surface area (Å²) < 4.78 is 5.51. The fraction of sp³-hybridized carbons (Fsp3) is 0.583. The molecule has 3 atom stereocenters. The van der Waals surface area contributed by atoms with Gasteiger partial charge in [-0.2, -0.15) is 0 Å². The lowest BCUT2D eigenvalue weighted by atomic mass is 9.95. The van der Waals surface area contributed by atoms with Crippen molar-refractivity contribution in [3.63, 3.8) is 0 Å². The molecule has 0 radical (unpaired) electrons. The minimum Gasteiger partial charge on any atom is -0.389 e. The average molecular weight is 457 g/mol. The van der Waals surface area contributed by atoms with E-state index in [1.54, 1.807) is 6.20 Å². The Morgan fingerprint density at radius 1 is 1.22 bits per heavy atom. The largest absolute Gasteiger partial charge is 0.389 e. The van der Waals surface area contributed by atoms with Crippen molar-refractivity contribution < 1.29 is 14.6 Å². The number of halogens is 1. The number of nitrogens with zero attached hydrogens (tertiary/aromatic N) is 3. The number of ether oxygens (including phenoxy) is 1. The number of hydrogen-bond donors (Lipinski definition) is 2. The summed E-state index contributed by atoms with van der Waals surface area (Å²) in [5, 5.41) is 16.1. The van der Waals surface area contributed by atoms with Crippen LogP contribution in [0, 0.1) is 11.3 Å². The molecule has 2 saturated heterocycles. The third-order valence-electron chi connectivity index (χ3n) is 8.17. The van der Waals surface area contributed by atoms with E-state index in [9.17, 15) is 9.90 Å². The molecule has 3 heterocycles. The molecule has 1 aromatic carbocycles. The first-order valence-corrected chi connectivity index (χ1v) is 11.9. The molecule has 1 spiro atoms. The molecule has 0 unspecified atom stereocenters. The molecule has 4 aliphatic rings. The number of benzene rings is 1. The minimum atomic E-state index is -0.454. The van der Waals surface area contributed by atoms with E-state index in [0.717, 1.165) is 49.1 Å². The number of hydrogen-bond acceptors (Lipinski definition) is 6. The van der Waals surface area contributed by atoms with Crippen LogP contribution in [0.4, 0.5) is 11.5 Å². The fourth-order valence-corrected chi connectivity index (χ4v) is 5.81. The summed E-state index contributed by atoms with van der Waals surface area (Å²) >= 11 is 6.65. The minimum absolute atomic E-state index is 0.103. The van der Waals surface area contributed by atoms with Gasteiger partial charge in [-0.3, -0.25) is 9.69 Å². The number of fused-ring (bicyclic) bond motifs is 1. The monoisotopic (exact) mass is 456 g/mol. The summed E-state index contributed by atoms with van der Waals surface area (Å²) in [4.78, 5) is 21.6. The summed E-state index contributed by atoms with van der Waals surface area (Å²) in [6.45, 7) is 6.38. The van der Waals surface area contributed by atoms with Crippen molar-refractivity contribution >= 4 is 39.8 Å². The summed E-state index contributed by atoms with van der Waals surface area (Å²) in [7, 11) is 0. The Morgan fingerprint density at radius 3 is 2.66 bits per heavy atom. The van der Waals surface area contributed by atoms with Crippen LogP contribution in [0.3, 0.4) is 0 Å². The molecule has 8 heteroatoms. The van der Waals surface area contributed by atoms with Gasteiger partial charge in [0.25, 0.3) is 0 Å². The van der Waals surface area contributed by atoms with Crippen LogP contribution in [0.2, 0.25) is 5.02 Å². The number of anilines is 2. The SMILES string of the molecule is C[C@@]1(N2CCN(c3cc4cc(NC(=O)[C@@H]5CC56CC6)ncc4cc3Cl)CC2)COC[C@@H]1O. The molecule has 1 aromatic heterocycles. The zero-order chi connectivity index (χ0) is 22.1. The Morgan fingerprint density at radius 2 is 2.00 bits per heavy atom. The summed E-state index contributed by atoms with van der Waals surface area (Å²) in [6, 6.07) is 5.99. The van der Waals surface area contributed by atoms with E-state index in [4.69, 9.17) is 16.3 Å². The van der Waals surface area contributed by atoms with Gasteiger partial charge in [0.15, 0.2) is 0 Å². The highest BCUT2D eigenvalue weighted by Gasteiger charge is 2.65. The molecule has 0 bridgehead atoms. The Balaban J connectivity index is 1.18. The lowest BCUT2D eigenvalue weighted by Crippen LogP contribution is -2.60. The smallest absolute Gasteiger partial charge is 0.229 e. The number of carbonyl (C=O) groups is 1. The lowest BCUT2D eigenvalue weighted by Gasteiger charge is -2.45. The highest BCUT2D eigenvalue weighted by Crippen LogP contribution is 2.70. The predicted molar refractivity (Wildman–Crippen MR) is 124 cm³/mol. The van der Waals surface area contributed by atoms with E-state index in [1.165, 1.54) is 12.8 Å². The number of pyridine rings is 1. The molecule has 32 heavy (non-hydrogen) atoms. The Bertz CT molecular complexity index is 1080. The molecule has 2 aliphatic heterocycles. The van der Waals surface area contributed by atoms with Gasteiger partial charge < -0.3 is 20.1 Å². The number of carbonyl (C=O) groups excluding carboxylic acids is 1. The van der Waals surface area contributed by atoms with E-state index >= 15 is 0 Å². The maximum atomic E-state index is 12.5. The van der Waals surface area contributed by atoms with Crippen LogP contribution >= 0.6 is 11.6 Å². The van der Waals surface area contributed by atoms with E-state index in [0.29, 0.717) is 29.5 Å². The zero-order valence-corrected chi connectivity index (χ0v) is 19.1. The molecule has 2 aliphatic carbocycles. The Hall–Kier alpha value is -1.93. The molecule has 2 aromatic rings. The second kappa shape index (κ2) is 7.29. The van der Waals surface area contributed by atoms with Gasteiger partial charge in [-0.15, -0.1) is 0 Å². The van der Waals surface area contributed by atoms with Crippen molar-refractivity contribution in [2.75, 3.05) is 49.6 Å². The van der Waals surface area contributed by atoms with Gasteiger partial charge in [0.2, 0.25) is 5.91 Å². The Kier molecular flexibility index (Phi) is 4.70. The van der Waals surface area contributed by atoms with Crippen molar-refractivity contribution in [2.45, 2.75) is 37.8 Å². The van der Waals surface area contributed by atoms with E-state index in [-0.39, 0.29) is 17.4 Å².